The Bertz CT molecular complexity index is 872. The van der Waals surface area contributed by atoms with Gasteiger partial charge < -0.3 is 10.1 Å². The van der Waals surface area contributed by atoms with Crippen LogP contribution in [0.4, 0.5) is 4.79 Å². The molecule has 3 rings (SSSR count). The van der Waals surface area contributed by atoms with Crippen molar-refractivity contribution >= 4 is 27.9 Å². The lowest BCUT2D eigenvalue weighted by atomic mass is 9.84. The van der Waals surface area contributed by atoms with Gasteiger partial charge in [0.05, 0.1) is 6.54 Å². The summed E-state index contributed by atoms with van der Waals surface area (Å²) in [5.74, 6) is 0.427. The first-order valence-electron chi connectivity index (χ1n) is 9.25. The lowest BCUT2D eigenvalue weighted by molar-refractivity contribution is -0.131. The molecule has 0 unspecified atom stereocenters. The molecule has 1 heterocycles. The number of imide groups is 1. The molecule has 0 aromatic heterocycles. The summed E-state index contributed by atoms with van der Waals surface area (Å²) in [6.45, 7) is 8.59. The van der Waals surface area contributed by atoms with Crippen LogP contribution in [0.25, 0.3) is 0 Å². The first kappa shape index (κ1) is 20.4. The van der Waals surface area contributed by atoms with Crippen molar-refractivity contribution in [3.63, 3.8) is 0 Å². The molecule has 1 atom stereocenters. The molecule has 148 valence electrons. The zero-order chi connectivity index (χ0) is 20.5. The monoisotopic (exact) mass is 444 g/mol. The Morgan fingerprint density at radius 3 is 2.21 bits per heavy atom. The number of carbonyl (C=O) groups excluding carboxylic acids is 2. The van der Waals surface area contributed by atoms with Crippen LogP contribution < -0.4 is 10.1 Å². The van der Waals surface area contributed by atoms with E-state index in [0.29, 0.717) is 5.75 Å². The van der Waals surface area contributed by atoms with E-state index >= 15 is 0 Å². The second-order valence-corrected chi connectivity index (χ2v) is 9.06. The second-order valence-electron chi connectivity index (χ2n) is 8.14. The highest BCUT2D eigenvalue weighted by Gasteiger charge is 2.48. The smallest absolute Gasteiger partial charge is 0.325 e. The predicted molar refractivity (Wildman–Crippen MR) is 112 cm³/mol. The van der Waals surface area contributed by atoms with E-state index in [2.05, 4.69) is 42.0 Å². The van der Waals surface area contributed by atoms with Crippen LogP contribution in [-0.4, -0.2) is 30.0 Å². The fraction of sp³-hybridized carbons (Fsp3) is 0.364. The Kier molecular flexibility index (Phi) is 5.53. The van der Waals surface area contributed by atoms with Gasteiger partial charge in [0.2, 0.25) is 0 Å². The number of hydrogen-bond acceptors (Lipinski definition) is 3. The molecule has 1 fully saturated rings. The van der Waals surface area contributed by atoms with Crippen LogP contribution in [0.5, 0.6) is 5.75 Å². The van der Waals surface area contributed by atoms with Crippen LogP contribution in [0.15, 0.2) is 53.0 Å². The van der Waals surface area contributed by atoms with Crippen molar-refractivity contribution in [2.45, 2.75) is 38.6 Å². The van der Waals surface area contributed by atoms with E-state index in [1.165, 1.54) is 10.5 Å². The Morgan fingerprint density at radius 1 is 1.04 bits per heavy atom. The molecule has 1 aliphatic heterocycles. The van der Waals surface area contributed by atoms with Gasteiger partial charge in [-0.2, -0.15) is 0 Å². The largest absolute Gasteiger partial charge is 0.492 e. The predicted octanol–water partition coefficient (Wildman–Crippen LogP) is 4.59. The van der Waals surface area contributed by atoms with Gasteiger partial charge in [-0.25, -0.2) is 4.79 Å². The standard InChI is InChI=1S/C22H25BrN2O3/c1-21(2,3)15-5-7-16(8-6-15)22(4)19(26)25(20(27)24-22)13-14-28-18-11-9-17(23)10-12-18/h5-12H,13-14H2,1-4H3,(H,24,27)/t22-/m0/s1. The van der Waals surface area contributed by atoms with Crippen LogP contribution in [-0.2, 0) is 15.7 Å². The number of halogens is 1. The third-order valence-corrected chi connectivity index (χ3v) is 5.53. The number of nitrogens with zero attached hydrogens (tertiary/aromatic N) is 1. The number of rotatable bonds is 5. The normalized spacial score (nSPS) is 19.7. The van der Waals surface area contributed by atoms with Crippen molar-refractivity contribution in [2.24, 2.45) is 0 Å². The van der Waals surface area contributed by atoms with Gasteiger partial charge in [0.1, 0.15) is 17.9 Å². The molecule has 0 radical (unpaired) electrons. The van der Waals surface area contributed by atoms with Gasteiger partial charge in [0.15, 0.2) is 0 Å². The van der Waals surface area contributed by atoms with Gasteiger partial charge in [-0.1, -0.05) is 61.0 Å². The number of ether oxygens (including phenoxy) is 1. The molecule has 2 aromatic rings. The molecule has 0 spiro atoms. The third-order valence-electron chi connectivity index (χ3n) is 5.00. The molecule has 2 aromatic carbocycles. The van der Waals surface area contributed by atoms with Crippen molar-refractivity contribution in [2.75, 3.05) is 13.2 Å². The lowest BCUT2D eigenvalue weighted by Crippen LogP contribution is -2.41. The molecule has 28 heavy (non-hydrogen) atoms. The Balaban J connectivity index is 1.68. The molecule has 1 N–H and O–H groups in total. The minimum atomic E-state index is -1.06. The van der Waals surface area contributed by atoms with Crippen molar-refractivity contribution in [3.05, 3.63) is 64.1 Å². The summed E-state index contributed by atoms with van der Waals surface area (Å²) in [4.78, 5) is 26.6. The van der Waals surface area contributed by atoms with Gasteiger partial charge in [0, 0.05) is 4.47 Å². The maximum atomic E-state index is 13.0. The number of amides is 3. The van der Waals surface area contributed by atoms with Crippen molar-refractivity contribution in [1.82, 2.24) is 10.2 Å². The van der Waals surface area contributed by atoms with E-state index < -0.39 is 11.6 Å². The molecular weight excluding hydrogens is 420 g/mol. The summed E-state index contributed by atoms with van der Waals surface area (Å²) in [6.07, 6.45) is 0. The highest BCUT2D eigenvalue weighted by Crippen LogP contribution is 2.31. The fourth-order valence-electron chi connectivity index (χ4n) is 3.18. The Hall–Kier alpha value is -2.34. The number of carbonyl (C=O) groups is 2. The van der Waals surface area contributed by atoms with Crippen LogP contribution in [0.1, 0.15) is 38.8 Å². The molecule has 6 heteroatoms. The van der Waals surface area contributed by atoms with Gasteiger partial charge in [-0.05, 0) is 47.7 Å². The van der Waals surface area contributed by atoms with Crippen LogP contribution in [0.3, 0.4) is 0 Å². The molecule has 0 aliphatic carbocycles. The molecule has 5 nitrogen and oxygen atoms in total. The second kappa shape index (κ2) is 7.59. The lowest BCUT2D eigenvalue weighted by Gasteiger charge is -2.24. The van der Waals surface area contributed by atoms with Crippen molar-refractivity contribution in [1.29, 1.82) is 0 Å². The number of nitrogens with one attached hydrogen (secondary N) is 1. The average molecular weight is 445 g/mol. The quantitative estimate of drug-likeness (QED) is 0.685. The first-order chi connectivity index (χ1) is 13.1. The van der Waals surface area contributed by atoms with Gasteiger partial charge in [0.25, 0.3) is 5.91 Å². The van der Waals surface area contributed by atoms with E-state index in [1.807, 2.05) is 48.5 Å². The van der Waals surface area contributed by atoms with Crippen LogP contribution in [0, 0.1) is 0 Å². The van der Waals surface area contributed by atoms with Crippen LogP contribution >= 0.6 is 15.9 Å². The topological polar surface area (TPSA) is 58.6 Å². The van der Waals surface area contributed by atoms with E-state index in [4.69, 9.17) is 4.74 Å². The Morgan fingerprint density at radius 2 is 1.64 bits per heavy atom. The van der Waals surface area contributed by atoms with Crippen molar-refractivity contribution < 1.29 is 14.3 Å². The highest BCUT2D eigenvalue weighted by atomic mass is 79.9. The van der Waals surface area contributed by atoms with E-state index in [9.17, 15) is 9.59 Å². The third kappa shape index (κ3) is 4.07. The van der Waals surface area contributed by atoms with E-state index in [1.54, 1.807) is 6.92 Å². The summed E-state index contributed by atoms with van der Waals surface area (Å²) in [6, 6.07) is 14.9. The molecule has 1 aliphatic rings. The number of urea groups is 1. The minimum Gasteiger partial charge on any atom is -0.492 e. The number of benzene rings is 2. The van der Waals surface area contributed by atoms with Gasteiger partial charge in [-0.15, -0.1) is 0 Å². The summed E-state index contributed by atoms with van der Waals surface area (Å²) in [7, 11) is 0. The average Bonchev–Trinajstić information content (AvgIpc) is 2.86. The number of hydrogen-bond donors (Lipinski definition) is 1. The SMILES string of the molecule is CC(C)(C)c1ccc([C@]2(C)NC(=O)N(CCOc3ccc(Br)cc3)C2=O)cc1. The molecule has 0 saturated carbocycles. The maximum absolute atomic E-state index is 13.0. The zero-order valence-corrected chi connectivity index (χ0v) is 18.2. The fourth-order valence-corrected chi connectivity index (χ4v) is 3.45. The summed E-state index contributed by atoms with van der Waals surface area (Å²) in [5, 5.41) is 2.84. The molecule has 1 saturated heterocycles. The molecule has 3 amide bonds. The molecular formula is C22H25BrN2O3. The Labute approximate surface area is 174 Å². The van der Waals surface area contributed by atoms with Crippen LogP contribution in [0.2, 0.25) is 0 Å². The maximum Gasteiger partial charge on any atom is 0.325 e. The first-order valence-corrected chi connectivity index (χ1v) is 10.0. The zero-order valence-electron chi connectivity index (χ0n) is 16.6. The molecule has 0 bridgehead atoms. The summed E-state index contributed by atoms with van der Waals surface area (Å²) < 4.78 is 6.61. The highest BCUT2D eigenvalue weighted by molar-refractivity contribution is 9.10. The van der Waals surface area contributed by atoms with E-state index in [0.717, 1.165) is 10.0 Å². The van der Waals surface area contributed by atoms with Crippen molar-refractivity contribution in [3.8, 4) is 5.75 Å². The van der Waals surface area contributed by atoms with Gasteiger partial charge >= 0.3 is 6.03 Å². The van der Waals surface area contributed by atoms with Gasteiger partial charge in [-0.3, -0.25) is 9.69 Å². The van der Waals surface area contributed by atoms with E-state index in [-0.39, 0.29) is 24.5 Å². The minimum absolute atomic E-state index is 0.0266. The summed E-state index contributed by atoms with van der Waals surface area (Å²) >= 11 is 3.37. The summed E-state index contributed by atoms with van der Waals surface area (Å²) in [5.41, 5.74) is 0.913.